The van der Waals surface area contributed by atoms with Crippen LogP contribution in [-0.2, 0) is 9.59 Å². The average molecular weight is 536 g/mol. The number of nitrogens with zero attached hydrogens (tertiary/aromatic N) is 2. The minimum absolute atomic E-state index is 0.0455. The third-order valence-electron chi connectivity index (χ3n) is 7.29. The first-order valence-corrected chi connectivity index (χ1v) is 13.9. The van der Waals surface area contributed by atoms with Gasteiger partial charge in [-0.2, -0.15) is 5.26 Å². The molecule has 206 valence electrons. The number of nitrogens with one attached hydrogen (secondary N) is 2. The van der Waals surface area contributed by atoms with Crippen LogP contribution in [0.5, 0.6) is 0 Å². The second kappa shape index (κ2) is 14.8. The predicted octanol–water partition coefficient (Wildman–Crippen LogP) is 3.82. The summed E-state index contributed by atoms with van der Waals surface area (Å²) >= 11 is 0. The molecule has 2 unspecified atom stereocenters. The smallest absolute Gasteiger partial charge is 0.244 e. The summed E-state index contributed by atoms with van der Waals surface area (Å²) in [7, 11) is 0. The Kier molecular flexibility index (Phi) is 10.6. The number of nitrogens with two attached hydrogens (primary N) is 1. The Hall–Kier alpha value is -4.25. The Morgan fingerprint density at radius 1 is 1.05 bits per heavy atom. The first-order valence-electron chi connectivity index (χ1n) is 13.9. The lowest BCUT2D eigenvalue weighted by Gasteiger charge is -2.29. The van der Waals surface area contributed by atoms with E-state index in [1.165, 1.54) is 17.2 Å². The van der Waals surface area contributed by atoms with Gasteiger partial charge in [-0.25, -0.2) is 0 Å². The van der Waals surface area contributed by atoms with E-state index in [-0.39, 0.29) is 29.8 Å². The lowest BCUT2D eigenvalue weighted by atomic mass is 9.90. The number of benzene rings is 3. The maximum absolute atomic E-state index is 13.7. The second-order valence-corrected chi connectivity index (χ2v) is 10.1. The fourth-order valence-electron chi connectivity index (χ4n) is 5.07. The number of hydrogen-bond acceptors (Lipinski definition) is 5. The molecule has 0 aliphatic carbocycles. The third-order valence-corrected chi connectivity index (χ3v) is 7.29. The summed E-state index contributed by atoms with van der Waals surface area (Å²) in [6.07, 6.45) is 5.33. The number of carbonyl (C=O) groups is 2. The lowest BCUT2D eigenvalue weighted by molar-refractivity contribution is -0.133. The molecule has 1 heterocycles. The zero-order chi connectivity index (χ0) is 28.2. The number of rotatable bonds is 11. The van der Waals surface area contributed by atoms with Gasteiger partial charge in [-0.1, -0.05) is 72.8 Å². The van der Waals surface area contributed by atoms with E-state index >= 15 is 0 Å². The molecule has 0 spiro atoms. The fraction of sp³-hybridized carbons (Fsp3) is 0.303. The minimum atomic E-state index is -0.352. The highest BCUT2D eigenvalue weighted by Gasteiger charge is 2.32. The van der Waals surface area contributed by atoms with Gasteiger partial charge < -0.3 is 21.3 Å². The normalized spacial score (nSPS) is 17.5. The Balaban J connectivity index is 1.43. The summed E-state index contributed by atoms with van der Waals surface area (Å²) in [6.45, 7) is 2.12. The van der Waals surface area contributed by atoms with Crippen LogP contribution in [0.1, 0.15) is 47.4 Å². The standard InChI is InChI=1S/C33H37N5O2/c34-20-7-12-31-33(40)38(24-30(27-8-3-1-4-9-27)28-10-5-2-6-11-28)21-19-29(37-31)23-36-32(39)18-17-25-13-15-26(22-35)16-14-25/h1-6,8-11,13-18,29-31,37H,7,12,19-21,23-24,34H2,(H,36,39)/b18-17+. The molecule has 4 rings (SSSR count). The van der Waals surface area contributed by atoms with Crippen LogP contribution in [0.25, 0.3) is 6.08 Å². The average Bonchev–Trinajstić information content (AvgIpc) is 3.15. The zero-order valence-electron chi connectivity index (χ0n) is 22.7. The maximum Gasteiger partial charge on any atom is 0.244 e. The summed E-state index contributed by atoms with van der Waals surface area (Å²) in [5.74, 6) is -0.0599. The molecule has 1 saturated heterocycles. The topological polar surface area (TPSA) is 111 Å². The van der Waals surface area contributed by atoms with E-state index in [0.29, 0.717) is 38.2 Å². The maximum atomic E-state index is 13.7. The molecule has 4 N–H and O–H groups in total. The molecular formula is C33H37N5O2. The van der Waals surface area contributed by atoms with Gasteiger partial charge >= 0.3 is 0 Å². The van der Waals surface area contributed by atoms with Crippen LogP contribution >= 0.6 is 0 Å². The molecule has 3 aromatic carbocycles. The summed E-state index contributed by atoms with van der Waals surface area (Å²) < 4.78 is 0. The van der Waals surface area contributed by atoms with E-state index in [4.69, 9.17) is 11.0 Å². The van der Waals surface area contributed by atoms with Crippen molar-refractivity contribution in [1.82, 2.24) is 15.5 Å². The molecule has 7 heteroatoms. The van der Waals surface area contributed by atoms with Gasteiger partial charge in [-0.15, -0.1) is 0 Å². The van der Waals surface area contributed by atoms with E-state index in [2.05, 4.69) is 41.0 Å². The van der Waals surface area contributed by atoms with Gasteiger partial charge in [0.2, 0.25) is 11.8 Å². The molecule has 1 aliphatic rings. The number of carbonyl (C=O) groups excluding carboxylic acids is 2. The Morgan fingerprint density at radius 3 is 2.30 bits per heavy atom. The highest BCUT2D eigenvalue weighted by Crippen LogP contribution is 2.27. The largest absolute Gasteiger partial charge is 0.351 e. The van der Waals surface area contributed by atoms with E-state index in [1.807, 2.05) is 41.3 Å². The van der Waals surface area contributed by atoms with Crippen LogP contribution in [0, 0.1) is 11.3 Å². The lowest BCUT2D eigenvalue weighted by Crippen LogP contribution is -2.49. The predicted molar refractivity (Wildman–Crippen MR) is 158 cm³/mol. The van der Waals surface area contributed by atoms with Crippen molar-refractivity contribution in [1.29, 1.82) is 5.26 Å². The van der Waals surface area contributed by atoms with Crippen molar-refractivity contribution in [3.63, 3.8) is 0 Å². The number of hydrogen-bond donors (Lipinski definition) is 3. The van der Waals surface area contributed by atoms with Gasteiger partial charge in [0.15, 0.2) is 0 Å². The summed E-state index contributed by atoms with van der Waals surface area (Å²) in [5, 5.41) is 15.4. The van der Waals surface area contributed by atoms with Gasteiger partial charge in [-0.05, 0) is 60.7 Å². The van der Waals surface area contributed by atoms with Crippen LogP contribution in [0.15, 0.2) is 91.0 Å². The number of amides is 2. The summed E-state index contributed by atoms with van der Waals surface area (Å²) in [6, 6.07) is 29.4. The minimum Gasteiger partial charge on any atom is -0.351 e. The first-order chi connectivity index (χ1) is 19.6. The molecule has 1 aliphatic heterocycles. The van der Waals surface area contributed by atoms with E-state index in [1.54, 1.807) is 30.3 Å². The first kappa shape index (κ1) is 28.8. The van der Waals surface area contributed by atoms with E-state index in [9.17, 15) is 9.59 Å². The molecule has 3 aromatic rings. The second-order valence-electron chi connectivity index (χ2n) is 10.1. The van der Waals surface area contributed by atoms with Crippen LogP contribution in [0.4, 0.5) is 0 Å². The Bertz CT molecular complexity index is 1260. The van der Waals surface area contributed by atoms with Gasteiger partial charge in [0.05, 0.1) is 17.7 Å². The molecule has 0 radical (unpaired) electrons. The van der Waals surface area contributed by atoms with Crippen LogP contribution in [0.2, 0.25) is 0 Å². The monoisotopic (exact) mass is 535 g/mol. The summed E-state index contributed by atoms with van der Waals surface area (Å²) in [4.78, 5) is 28.3. The molecule has 7 nitrogen and oxygen atoms in total. The SMILES string of the molecule is N#Cc1ccc(/C=C/C(=O)NCC2CCN(CC(c3ccccc3)c3ccccc3)C(=O)C(CCCN)N2)cc1. The van der Waals surface area contributed by atoms with Crippen molar-refractivity contribution >= 4 is 17.9 Å². The molecular weight excluding hydrogens is 498 g/mol. The molecule has 2 atom stereocenters. The highest BCUT2D eigenvalue weighted by molar-refractivity contribution is 5.91. The van der Waals surface area contributed by atoms with Crippen LogP contribution < -0.4 is 16.4 Å². The van der Waals surface area contributed by atoms with Crippen molar-refractivity contribution in [2.24, 2.45) is 5.73 Å². The Labute approximate surface area is 236 Å². The quantitative estimate of drug-likeness (QED) is 0.323. The number of nitriles is 1. The highest BCUT2D eigenvalue weighted by atomic mass is 16.2. The molecule has 1 fully saturated rings. The summed E-state index contributed by atoms with van der Waals surface area (Å²) in [5.41, 5.74) is 9.57. The molecule has 0 bridgehead atoms. The molecule has 0 aromatic heterocycles. The van der Waals surface area contributed by atoms with Crippen molar-refractivity contribution in [2.75, 3.05) is 26.2 Å². The van der Waals surface area contributed by atoms with Crippen molar-refractivity contribution in [3.8, 4) is 6.07 Å². The molecule has 2 amide bonds. The van der Waals surface area contributed by atoms with Crippen LogP contribution in [0.3, 0.4) is 0 Å². The Morgan fingerprint density at radius 2 is 1.70 bits per heavy atom. The van der Waals surface area contributed by atoms with Gasteiger partial charge in [0.25, 0.3) is 0 Å². The van der Waals surface area contributed by atoms with Crippen LogP contribution in [-0.4, -0.2) is 55.0 Å². The van der Waals surface area contributed by atoms with Crippen molar-refractivity contribution in [3.05, 3.63) is 113 Å². The van der Waals surface area contributed by atoms with Crippen molar-refractivity contribution < 1.29 is 9.59 Å². The van der Waals surface area contributed by atoms with E-state index in [0.717, 1.165) is 18.4 Å². The van der Waals surface area contributed by atoms with Gasteiger partial charge in [-0.3, -0.25) is 9.59 Å². The fourth-order valence-corrected chi connectivity index (χ4v) is 5.07. The van der Waals surface area contributed by atoms with Gasteiger partial charge in [0, 0.05) is 37.7 Å². The zero-order valence-corrected chi connectivity index (χ0v) is 22.7. The molecule has 0 saturated carbocycles. The third kappa shape index (κ3) is 8.12. The van der Waals surface area contributed by atoms with Crippen molar-refractivity contribution in [2.45, 2.75) is 37.3 Å². The molecule has 40 heavy (non-hydrogen) atoms. The van der Waals surface area contributed by atoms with Gasteiger partial charge in [0.1, 0.15) is 0 Å². The van der Waals surface area contributed by atoms with E-state index < -0.39 is 0 Å².